The van der Waals surface area contributed by atoms with Gasteiger partial charge in [0.2, 0.25) is 0 Å². The van der Waals surface area contributed by atoms with Crippen LogP contribution in [0, 0.1) is 17.0 Å². The first-order chi connectivity index (χ1) is 8.54. The molecule has 0 radical (unpaired) electrons. The molecule has 0 amide bonds. The lowest BCUT2D eigenvalue weighted by molar-refractivity contribution is -0.385. The van der Waals surface area contributed by atoms with E-state index in [4.69, 9.17) is 5.73 Å². The second kappa shape index (κ2) is 5.05. The van der Waals surface area contributed by atoms with Gasteiger partial charge in [-0.1, -0.05) is 29.5 Å². The maximum atomic E-state index is 10.7. The fraction of sp³-hybridized carbons (Fsp3) is 0.0833. The predicted molar refractivity (Wildman–Crippen MR) is 70.6 cm³/mol. The summed E-state index contributed by atoms with van der Waals surface area (Å²) < 4.78 is 0. The fourth-order valence-corrected chi connectivity index (χ4v) is 2.43. The van der Waals surface area contributed by atoms with Gasteiger partial charge >= 0.3 is 0 Å². The second-order valence-corrected chi connectivity index (χ2v) is 4.86. The summed E-state index contributed by atoms with van der Waals surface area (Å²) in [5.74, 6) is 0.152. The van der Waals surface area contributed by atoms with Crippen LogP contribution in [0.3, 0.4) is 0 Å². The van der Waals surface area contributed by atoms with Crippen molar-refractivity contribution in [1.82, 2.24) is 4.98 Å². The van der Waals surface area contributed by atoms with Gasteiger partial charge in [-0.05, 0) is 19.1 Å². The molecule has 18 heavy (non-hydrogen) atoms. The van der Waals surface area contributed by atoms with Crippen molar-refractivity contribution in [2.45, 2.75) is 16.8 Å². The average Bonchev–Trinajstić information content (AvgIpc) is 2.28. The van der Waals surface area contributed by atoms with Gasteiger partial charge in [-0.3, -0.25) is 10.1 Å². The Kier molecular flexibility index (Phi) is 3.47. The number of nitrogens with two attached hydrogens (primary N) is 1. The molecule has 0 atom stereocenters. The smallest absolute Gasteiger partial charge is 0.275 e. The Balaban J connectivity index is 2.31. The molecule has 0 spiro atoms. The van der Waals surface area contributed by atoms with Crippen LogP contribution >= 0.6 is 11.8 Å². The zero-order chi connectivity index (χ0) is 13.1. The van der Waals surface area contributed by atoms with Crippen molar-refractivity contribution in [2.24, 2.45) is 0 Å². The van der Waals surface area contributed by atoms with Gasteiger partial charge in [0, 0.05) is 11.0 Å². The SMILES string of the molecule is Cc1cccc(Sc2cc([N+](=O)[O-])cc(N)n2)c1. The Hall–Kier alpha value is -2.08. The maximum Gasteiger partial charge on any atom is 0.275 e. The van der Waals surface area contributed by atoms with E-state index >= 15 is 0 Å². The van der Waals surface area contributed by atoms with Gasteiger partial charge in [-0.25, -0.2) is 4.98 Å². The first-order valence-corrected chi connectivity index (χ1v) is 6.03. The molecule has 92 valence electrons. The minimum absolute atomic E-state index is 0.0438. The van der Waals surface area contributed by atoms with Gasteiger partial charge in [0.1, 0.15) is 10.8 Å². The van der Waals surface area contributed by atoms with Crippen molar-refractivity contribution in [1.29, 1.82) is 0 Å². The van der Waals surface area contributed by atoms with Crippen molar-refractivity contribution in [3.63, 3.8) is 0 Å². The summed E-state index contributed by atoms with van der Waals surface area (Å²) in [6, 6.07) is 10.5. The van der Waals surface area contributed by atoms with Gasteiger partial charge in [0.05, 0.1) is 11.0 Å². The van der Waals surface area contributed by atoms with Gasteiger partial charge in [0.25, 0.3) is 5.69 Å². The van der Waals surface area contributed by atoms with Crippen molar-refractivity contribution >= 4 is 23.3 Å². The van der Waals surface area contributed by atoms with Crippen LogP contribution in [-0.4, -0.2) is 9.91 Å². The van der Waals surface area contributed by atoms with E-state index < -0.39 is 4.92 Å². The molecule has 2 aromatic rings. The zero-order valence-electron chi connectivity index (χ0n) is 9.66. The number of hydrogen-bond acceptors (Lipinski definition) is 5. The minimum Gasteiger partial charge on any atom is -0.383 e. The molecule has 2 N–H and O–H groups in total. The molecule has 1 heterocycles. The number of aromatic nitrogens is 1. The zero-order valence-corrected chi connectivity index (χ0v) is 10.5. The van der Waals surface area contributed by atoms with Gasteiger partial charge < -0.3 is 5.73 Å². The fourth-order valence-electron chi connectivity index (χ4n) is 1.47. The number of pyridine rings is 1. The highest BCUT2D eigenvalue weighted by atomic mass is 32.2. The van der Waals surface area contributed by atoms with Gasteiger partial charge in [-0.15, -0.1) is 0 Å². The third-order valence-corrected chi connectivity index (χ3v) is 3.14. The Labute approximate surface area is 108 Å². The van der Waals surface area contributed by atoms with Gasteiger partial charge in [-0.2, -0.15) is 0 Å². The number of nitrogen functional groups attached to an aromatic ring is 1. The van der Waals surface area contributed by atoms with E-state index in [0.717, 1.165) is 10.5 Å². The lowest BCUT2D eigenvalue weighted by atomic mass is 10.2. The molecule has 0 fully saturated rings. The molecule has 0 bridgehead atoms. The number of aryl methyl sites for hydroxylation is 1. The maximum absolute atomic E-state index is 10.7. The summed E-state index contributed by atoms with van der Waals surface area (Å²) in [5.41, 5.74) is 6.63. The van der Waals surface area contributed by atoms with Gasteiger partial charge in [0.15, 0.2) is 0 Å². The lowest BCUT2D eigenvalue weighted by Gasteiger charge is -2.03. The summed E-state index contributed by atoms with van der Waals surface area (Å²) in [6.45, 7) is 1.99. The Bertz CT molecular complexity index is 602. The average molecular weight is 261 g/mol. The molecule has 6 heteroatoms. The summed E-state index contributed by atoms with van der Waals surface area (Å²) in [7, 11) is 0. The number of anilines is 1. The number of rotatable bonds is 3. The normalized spacial score (nSPS) is 10.3. The molecule has 1 aromatic heterocycles. The quantitative estimate of drug-likeness (QED) is 0.678. The van der Waals surface area contributed by atoms with E-state index in [2.05, 4.69) is 4.98 Å². The van der Waals surface area contributed by atoms with E-state index in [1.807, 2.05) is 31.2 Å². The number of nitrogens with zero attached hydrogens (tertiary/aromatic N) is 2. The molecule has 0 aliphatic rings. The highest BCUT2D eigenvalue weighted by Crippen LogP contribution is 2.29. The molecular weight excluding hydrogens is 250 g/mol. The first kappa shape index (κ1) is 12.4. The van der Waals surface area contributed by atoms with Crippen molar-refractivity contribution < 1.29 is 4.92 Å². The van der Waals surface area contributed by atoms with E-state index in [0.29, 0.717) is 5.03 Å². The first-order valence-electron chi connectivity index (χ1n) is 5.21. The standard InChI is InChI=1S/C12H11N3O2S/c1-8-3-2-4-10(5-8)18-12-7-9(15(16)17)6-11(13)14-12/h2-7H,1H3,(H2,13,14). The van der Waals surface area contributed by atoms with Crippen LogP contribution in [-0.2, 0) is 0 Å². The monoisotopic (exact) mass is 261 g/mol. The largest absolute Gasteiger partial charge is 0.383 e. The molecule has 0 aliphatic carbocycles. The van der Waals surface area contributed by atoms with E-state index in [1.165, 1.54) is 23.9 Å². The highest BCUT2D eigenvalue weighted by molar-refractivity contribution is 7.99. The molecule has 0 aliphatic heterocycles. The van der Waals surface area contributed by atoms with E-state index in [9.17, 15) is 10.1 Å². The second-order valence-electron chi connectivity index (χ2n) is 3.76. The minimum atomic E-state index is -0.474. The lowest BCUT2D eigenvalue weighted by Crippen LogP contribution is -1.95. The summed E-state index contributed by atoms with van der Waals surface area (Å²) in [4.78, 5) is 15.3. The molecule has 0 unspecified atom stereocenters. The topological polar surface area (TPSA) is 82.0 Å². The molecule has 5 nitrogen and oxygen atoms in total. The van der Waals surface area contributed by atoms with Crippen LogP contribution in [0.25, 0.3) is 0 Å². The van der Waals surface area contributed by atoms with Crippen LogP contribution in [0.15, 0.2) is 46.3 Å². The van der Waals surface area contributed by atoms with Crippen molar-refractivity contribution in [3.8, 4) is 0 Å². The Morgan fingerprint density at radius 1 is 1.33 bits per heavy atom. The van der Waals surface area contributed by atoms with Crippen LogP contribution in [0.2, 0.25) is 0 Å². The van der Waals surface area contributed by atoms with Crippen LogP contribution in [0.1, 0.15) is 5.56 Å². The molecule has 1 aromatic carbocycles. The molecular formula is C12H11N3O2S. The van der Waals surface area contributed by atoms with Crippen LogP contribution < -0.4 is 5.73 Å². The number of benzene rings is 1. The van der Waals surface area contributed by atoms with Crippen LogP contribution in [0.5, 0.6) is 0 Å². The third kappa shape index (κ3) is 2.98. The molecule has 2 rings (SSSR count). The summed E-state index contributed by atoms with van der Waals surface area (Å²) in [6.07, 6.45) is 0. The number of hydrogen-bond donors (Lipinski definition) is 1. The van der Waals surface area contributed by atoms with E-state index in [-0.39, 0.29) is 11.5 Å². The molecule has 0 saturated heterocycles. The third-order valence-electron chi connectivity index (χ3n) is 2.23. The summed E-state index contributed by atoms with van der Waals surface area (Å²) >= 11 is 1.35. The predicted octanol–water partition coefficient (Wildman–Crippen LogP) is 3.03. The highest BCUT2D eigenvalue weighted by Gasteiger charge is 2.10. The van der Waals surface area contributed by atoms with E-state index in [1.54, 1.807) is 0 Å². The Morgan fingerprint density at radius 2 is 2.11 bits per heavy atom. The van der Waals surface area contributed by atoms with Crippen molar-refractivity contribution in [2.75, 3.05) is 5.73 Å². The molecule has 0 saturated carbocycles. The van der Waals surface area contributed by atoms with Crippen molar-refractivity contribution in [3.05, 3.63) is 52.1 Å². The van der Waals surface area contributed by atoms with Crippen LogP contribution in [0.4, 0.5) is 11.5 Å². The summed E-state index contributed by atoms with van der Waals surface area (Å²) in [5, 5.41) is 11.2. The Morgan fingerprint density at radius 3 is 2.78 bits per heavy atom. The number of nitro groups is 1.